The Labute approximate surface area is 178 Å². The van der Waals surface area contributed by atoms with Gasteiger partial charge >= 0.3 is 6.03 Å². The van der Waals surface area contributed by atoms with Crippen LogP contribution in [0.3, 0.4) is 0 Å². The van der Waals surface area contributed by atoms with Crippen molar-refractivity contribution in [3.8, 4) is 0 Å². The van der Waals surface area contributed by atoms with Crippen LogP contribution in [-0.4, -0.2) is 17.7 Å². The van der Waals surface area contributed by atoms with Gasteiger partial charge in [0.05, 0.1) is 5.75 Å². The molecule has 0 bridgehead atoms. The van der Waals surface area contributed by atoms with Crippen LogP contribution < -0.4 is 16.0 Å². The molecule has 0 saturated carbocycles. The number of amides is 3. The second kappa shape index (κ2) is 10.0. The van der Waals surface area contributed by atoms with E-state index in [1.807, 2.05) is 61.5 Å². The van der Waals surface area contributed by atoms with Crippen molar-refractivity contribution in [3.63, 3.8) is 0 Å². The molecule has 0 atom stereocenters. The average Bonchev–Trinajstić information content (AvgIpc) is 2.71. The number of anilines is 3. The number of aryl methyl sites for hydroxylation is 1. The van der Waals surface area contributed by atoms with Gasteiger partial charge in [-0.1, -0.05) is 35.9 Å². The molecular weight excluding hydrogens is 406 g/mol. The monoisotopic (exact) mass is 425 g/mol. The highest BCUT2D eigenvalue weighted by molar-refractivity contribution is 8.00. The summed E-state index contributed by atoms with van der Waals surface area (Å²) in [5, 5.41) is 8.98. The van der Waals surface area contributed by atoms with E-state index in [9.17, 15) is 9.59 Å². The first-order valence-electron chi connectivity index (χ1n) is 8.91. The summed E-state index contributed by atoms with van der Waals surface area (Å²) in [4.78, 5) is 25.1. The smallest absolute Gasteiger partial charge is 0.323 e. The third kappa shape index (κ3) is 6.55. The van der Waals surface area contributed by atoms with Crippen molar-refractivity contribution in [2.45, 2.75) is 11.8 Å². The van der Waals surface area contributed by atoms with Crippen molar-refractivity contribution in [1.82, 2.24) is 0 Å². The van der Waals surface area contributed by atoms with Crippen molar-refractivity contribution in [2.24, 2.45) is 0 Å². The van der Waals surface area contributed by atoms with Crippen LogP contribution >= 0.6 is 23.4 Å². The number of nitrogens with one attached hydrogen (secondary N) is 3. The molecule has 0 unspecified atom stereocenters. The summed E-state index contributed by atoms with van der Waals surface area (Å²) in [5.41, 5.74) is 3.03. The molecule has 0 aromatic heterocycles. The fourth-order valence-electron chi connectivity index (χ4n) is 2.47. The zero-order chi connectivity index (χ0) is 20.6. The predicted molar refractivity (Wildman–Crippen MR) is 121 cm³/mol. The molecule has 29 heavy (non-hydrogen) atoms. The minimum Gasteiger partial charge on any atom is -0.325 e. The number of benzene rings is 3. The van der Waals surface area contributed by atoms with Gasteiger partial charge in [-0.15, -0.1) is 11.8 Å². The Bertz CT molecular complexity index is 995. The number of hydrogen-bond donors (Lipinski definition) is 3. The van der Waals surface area contributed by atoms with Gasteiger partial charge in [-0.05, 0) is 61.0 Å². The average molecular weight is 426 g/mol. The molecule has 5 nitrogen and oxygen atoms in total. The number of carbonyl (C=O) groups is 2. The van der Waals surface area contributed by atoms with Crippen molar-refractivity contribution in [1.29, 1.82) is 0 Å². The number of halogens is 1. The van der Waals surface area contributed by atoms with E-state index < -0.39 is 0 Å². The fraction of sp³-hybridized carbons (Fsp3) is 0.0909. The van der Waals surface area contributed by atoms with E-state index in [-0.39, 0.29) is 17.7 Å². The molecule has 7 heteroatoms. The molecule has 0 aliphatic heterocycles. The van der Waals surface area contributed by atoms with Gasteiger partial charge < -0.3 is 16.0 Å². The van der Waals surface area contributed by atoms with Gasteiger partial charge in [0, 0.05) is 27.0 Å². The molecule has 3 N–H and O–H groups in total. The standard InChI is InChI=1S/C22H20ClN3O2S/c1-15-7-8-18(13-20(15)23)24-21(27)14-29-19-11-9-17(10-12-19)26-22(28)25-16-5-3-2-4-6-16/h2-13H,14H2,1H3,(H,24,27)(H2,25,26,28). The predicted octanol–water partition coefficient (Wildman–Crippen LogP) is 6.02. The summed E-state index contributed by atoms with van der Waals surface area (Å²) in [6, 6.07) is 21.6. The zero-order valence-corrected chi connectivity index (χ0v) is 17.3. The largest absolute Gasteiger partial charge is 0.325 e. The van der Waals surface area contributed by atoms with Crippen LogP contribution in [0.5, 0.6) is 0 Å². The third-order valence-corrected chi connectivity index (χ3v) is 5.39. The summed E-state index contributed by atoms with van der Waals surface area (Å²) < 4.78 is 0. The second-order valence-electron chi connectivity index (χ2n) is 6.27. The maximum Gasteiger partial charge on any atom is 0.323 e. The molecule has 0 radical (unpaired) electrons. The van der Waals surface area contributed by atoms with Crippen LogP contribution in [0.1, 0.15) is 5.56 Å². The van der Waals surface area contributed by atoms with Crippen molar-refractivity contribution in [2.75, 3.05) is 21.7 Å². The topological polar surface area (TPSA) is 70.2 Å². The molecule has 0 saturated heterocycles. The lowest BCUT2D eigenvalue weighted by Gasteiger charge is -2.09. The lowest BCUT2D eigenvalue weighted by molar-refractivity contribution is -0.113. The van der Waals surface area contributed by atoms with E-state index in [0.717, 1.165) is 16.1 Å². The molecule has 0 spiro atoms. The van der Waals surface area contributed by atoms with Crippen molar-refractivity contribution in [3.05, 3.63) is 83.4 Å². The Morgan fingerprint density at radius 3 is 2.10 bits per heavy atom. The summed E-state index contributed by atoms with van der Waals surface area (Å²) >= 11 is 7.49. The van der Waals surface area contributed by atoms with E-state index in [1.165, 1.54) is 11.8 Å². The van der Waals surface area contributed by atoms with Gasteiger partial charge in [-0.2, -0.15) is 0 Å². The summed E-state index contributed by atoms with van der Waals surface area (Å²) in [6.45, 7) is 1.91. The quantitative estimate of drug-likeness (QED) is 0.422. The molecular formula is C22H20ClN3O2S. The normalized spacial score (nSPS) is 10.3. The number of para-hydroxylation sites is 1. The number of carbonyl (C=O) groups excluding carboxylic acids is 2. The third-order valence-electron chi connectivity index (χ3n) is 3.97. The minimum atomic E-state index is -0.312. The van der Waals surface area contributed by atoms with Gasteiger partial charge in [0.25, 0.3) is 0 Å². The van der Waals surface area contributed by atoms with Crippen LogP contribution in [0.2, 0.25) is 5.02 Å². The number of hydrogen-bond acceptors (Lipinski definition) is 3. The number of thioether (sulfide) groups is 1. The van der Waals surface area contributed by atoms with Crippen LogP contribution in [-0.2, 0) is 4.79 Å². The Balaban J connectivity index is 1.46. The van der Waals surface area contributed by atoms with E-state index in [1.54, 1.807) is 18.2 Å². The molecule has 3 aromatic carbocycles. The lowest BCUT2D eigenvalue weighted by atomic mass is 10.2. The Kier molecular flexibility index (Phi) is 7.16. The molecule has 3 aromatic rings. The molecule has 3 amide bonds. The summed E-state index contributed by atoms with van der Waals surface area (Å²) in [6.07, 6.45) is 0. The van der Waals surface area contributed by atoms with Crippen LogP contribution in [0.25, 0.3) is 0 Å². The van der Waals surface area contributed by atoms with Crippen LogP contribution in [0, 0.1) is 6.92 Å². The summed E-state index contributed by atoms with van der Waals surface area (Å²) in [5.74, 6) is 0.159. The minimum absolute atomic E-state index is 0.112. The maximum atomic E-state index is 12.1. The zero-order valence-electron chi connectivity index (χ0n) is 15.7. The SMILES string of the molecule is Cc1ccc(NC(=O)CSc2ccc(NC(=O)Nc3ccccc3)cc2)cc1Cl. The van der Waals surface area contributed by atoms with Gasteiger partial charge in [-0.25, -0.2) is 4.79 Å². The van der Waals surface area contributed by atoms with Crippen LogP contribution in [0.15, 0.2) is 77.7 Å². The van der Waals surface area contributed by atoms with Gasteiger partial charge in [0.1, 0.15) is 0 Å². The maximum absolute atomic E-state index is 12.1. The first-order chi connectivity index (χ1) is 14.0. The van der Waals surface area contributed by atoms with Crippen LogP contribution in [0.4, 0.5) is 21.9 Å². The van der Waals surface area contributed by atoms with E-state index in [4.69, 9.17) is 11.6 Å². The second-order valence-corrected chi connectivity index (χ2v) is 7.73. The highest BCUT2D eigenvalue weighted by Crippen LogP contribution is 2.22. The Hall–Kier alpha value is -2.96. The molecule has 3 rings (SSSR count). The van der Waals surface area contributed by atoms with E-state index >= 15 is 0 Å². The van der Waals surface area contributed by atoms with Gasteiger partial charge in [0.2, 0.25) is 5.91 Å². The molecule has 0 aliphatic carbocycles. The first-order valence-corrected chi connectivity index (χ1v) is 10.3. The summed E-state index contributed by atoms with van der Waals surface area (Å²) in [7, 11) is 0. The number of rotatable bonds is 6. The molecule has 148 valence electrons. The fourth-order valence-corrected chi connectivity index (χ4v) is 3.34. The Morgan fingerprint density at radius 2 is 1.45 bits per heavy atom. The molecule has 0 heterocycles. The van der Waals surface area contributed by atoms with Crippen molar-refractivity contribution < 1.29 is 9.59 Å². The molecule has 0 aliphatic rings. The highest BCUT2D eigenvalue weighted by atomic mass is 35.5. The molecule has 0 fully saturated rings. The van der Waals surface area contributed by atoms with Gasteiger partial charge in [0.15, 0.2) is 0 Å². The highest BCUT2D eigenvalue weighted by Gasteiger charge is 2.06. The first kappa shape index (κ1) is 20.8. The Morgan fingerprint density at radius 1 is 0.828 bits per heavy atom. The lowest BCUT2D eigenvalue weighted by Crippen LogP contribution is -2.19. The van der Waals surface area contributed by atoms with E-state index in [2.05, 4.69) is 16.0 Å². The van der Waals surface area contributed by atoms with E-state index in [0.29, 0.717) is 16.4 Å². The van der Waals surface area contributed by atoms with Gasteiger partial charge in [-0.3, -0.25) is 4.79 Å². The number of urea groups is 1. The van der Waals surface area contributed by atoms with Crippen molar-refractivity contribution >= 4 is 52.4 Å².